The van der Waals surface area contributed by atoms with Gasteiger partial charge in [0.15, 0.2) is 0 Å². The maximum absolute atomic E-state index is 12.1. The van der Waals surface area contributed by atoms with Crippen molar-refractivity contribution in [3.8, 4) is 0 Å². The Kier molecular flexibility index (Phi) is 5.76. The van der Waals surface area contributed by atoms with Gasteiger partial charge in [-0.05, 0) is 29.8 Å². The first-order valence-electron chi connectivity index (χ1n) is 7.11. The Bertz CT molecular complexity index is 809. The molecule has 0 spiro atoms. The van der Waals surface area contributed by atoms with Crippen molar-refractivity contribution in [2.24, 2.45) is 0 Å². The van der Waals surface area contributed by atoms with Gasteiger partial charge in [-0.2, -0.15) is 0 Å². The summed E-state index contributed by atoms with van der Waals surface area (Å²) in [5.41, 5.74) is 1.24. The molecule has 1 aromatic heterocycles. The van der Waals surface area contributed by atoms with Gasteiger partial charge in [0.05, 0.1) is 12.2 Å². The molecule has 0 radical (unpaired) electrons. The Morgan fingerprint density at radius 2 is 1.92 bits per heavy atom. The highest BCUT2D eigenvalue weighted by Gasteiger charge is 2.21. The molecule has 0 N–H and O–H groups in total. The summed E-state index contributed by atoms with van der Waals surface area (Å²) in [6, 6.07) is 9.68. The lowest BCUT2D eigenvalue weighted by molar-refractivity contribution is 0.0440. The molecule has 0 saturated carbocycles. The van der Waals surface area contributed by atoms with Crippen LogP contribution in [0.5, 0.6) is 0 Å². The van der Waals surface area contributed by atoms with Crippen LogP contribution in [0.3, 0.4) is 0 Å². The molecule has 0 unspecified atom stereocenters. The number of hydrogen-bond acceptors (Lipinski definition) is 6. The summed E-state index contributed by atoms with van der Waals surface area (Å²) >= 11 is 0. The van der Waals surface area contributed by atoms with Crippen LogP contribution >= 0.6 is 0 Å². The van der Waals surface area contributed by atoms with E-state index >= 15 is 0 Å². The monoisotopic (exact) mass is 353 g/mol. The van der Waals surface area contributed by atoms with E-state index in [9.17, 15) is 13.2 Å². The molecule has 7 nitrogen and oxygen atoms in total. The summed E-state index contributed by atoms with van der Waals surface area (Å²) in [5, 5.41) is -0.194. The Morgan fingerprint density at radius 3 is 2.58 bits per heavy atom. The van der Waals surface area contributed by atoms with Gasteiger partial charge in [-0.1, -0.05) is 12.1 Å². The summed E-state index contributed by atoms with van der Waals surface area (Å²) in [6.07, 6.45) is 0. The van der Waals surface area contributed by atoms with Crippen molar-refractivity contribution in [2.75, 3.05) is 21.2 Å². The summed E-state index contributed by atoms with van der Waals surface area (Å²) in [6.45, 7) is 0.237. The SMILES string of the molecule is COCc1cccc(C(=O)OCc2ccc(S(=O)(=O)N(C)C)o2)c1. The molecule has 0 atom stereocenters. The second-order valence-corrected chi connectivity index (χ2v) is 7.30. The van der Waals surface area contributed by atoms with E-state index in [2.05, 4.69) is 0 Å². The van der Waals surface area contributed by atoms with E-state index in [0.717, 1.165) is 9.87 Å². The zero-order valence-electron chi connectivity index (χ0n) is 13.7. The van der Waals surface area contributed by atoms with Crippen LogP contribution in [-0.2, 0) is 32.7 Å². The van der Waals surface area contributed by atoms with Gasteiger partial charge in [0.25, 0.3) is 10.0 Å². The second kappa shape index (κ2) is 7.61. The van der Waals surface area contributed by atoms with Gasteiger partial charge >= 0.3 is 5.97 Å². The van der Waals surface area contributed by atoms with Crippen LogP contribution in [0.25, 0.3) is 0 Å². The molecule has 0 fully saturated rings. The predicted molar refractivity (Wildman–Crippen MR) is 85.9 cm³/mol. The first-order valence-corrected chi connectivity index (χ1v) is 8.55. The van der Waals surface area contributed by atoms with Crippen LogP contribution < -0.4 is 0 Å². The molecule has 0 bridgehead atoms. The number of rotatable bonds is 7. The van der Waals surface area contributed by atoms with E-state index in [0.29, 0.717) is 12.2 Å². The number of benzene rings is 1. The largest absolute Gasteiger partial charge is 0.454 e. The highest BCUT2D eigenvalue weighted by Crippen LogP contribution is 2.18. The molecule has 0 aliphatic rings. The Hall–Kier alpha value is -2.16. The second-order valence-electron chi connectivity index (χ2n) is 5.22. The Morgan fingerprint density at radius 1 is 1.17 bits per heavy atom. The maximum atomic E-state index is 12.1. The van der Waals surface area contributed by atoms with E-state index < -0.39 is 16.0 Å². The number of furan rings is 1. The fraction of sp³-hybridized carbons (Fsp3) is 0.312. The first kappa shape index (κ1) is 18.2. The van der Waals surface area contributed by atoms with Gasteiger partial charge in [-0.25, -0.2) is 17.5 Å². The van der Waals surface area contributed by atoms with Crippen molar-refractivity contribution in [2.45, 2.75) is 18.3 Å². The molecule has 0 aliphatic carbocycles. The molecule has 0 saturated heterocycles. The van der Waals surface area contributed by atoms with Crippen molar-refractivity contribution in [3.05, 3.63) is 53.3 Å². The number of hydrogen-bond donors (Lipinski definition) is 0. The smallest absolute Gasteiger partial charge is 0.338 e. The fourth-order valence-corrected chi connectivity index (χ4v) is 2.74. The topological polar surface area (TPSA) is 86.0 Å². The third-order valence-corrected chi connectivity index (χ3v) is 4.88. The molecule has 2 aromatic rings. The van der Waals surface area contributed by atoms with Crippen LogP contribution in [-0.4, -0.2) is 39.9 Å². The normalized spacial score (nSPS) is 11.7. The number of sulfonamides is 1. The van der Waals surface area contributed by atoms with E-state index in [1.54, 1.807) is 25.3 Å². The summed E-state index contributed by atoms with van der Waals surface area (Å²) < 4.78 is 40.3. The minimum absolute atomic E-state index is 0.156. The quantitative estimate of drug-likeness (QED) is 0.708. The average Bonchev–Trinajstić information content (AvgIpc) is 3.02. The van der Waals surface area contributed by atoms with Crippen LogP contribution in [0.2, 0.25) is 0 Å². The molecule has 130 valence electrons. The zero-order valence-corrected chi connectivity index (χ0v) is 14.5. The Labute approximate surface area is 140 Å². The molecule has 2 rings (SSSR count). The van der Waals surface area contributed by atoms with Crippen LogP contribution in [0.1, 0.15) is 21.7 Å². The zero-order chi connectivity index (χ0) is 17.7. The number of esters is 1. The molecule has 24 heavy (non-hydrogen) atoms. The van der Waals surface area contributed by atoms with Gasteiger partial charge in [-0.15, -0.1) is 0 Å². The minimum Gasteiger partial charge on any atom is -0.454 e. The van der Waals surface area contributed by atoms with E-state index in [1.165, 1.54) is 26.2 Å². The van der Waals surface area contributed by atoms with Crippen LogP contribution in [0.15, 0.2) is 45.9 Å². The Balaban J connectivity index is 2.02. The molecule has 1 aromatic carbocycles. The minimum atomic E-state index is -3.65. The number of ether oxygens (including phenoxy) is 2. The van der Waals surface area contributed by atoms with Gasteiger partial charge in [0, 0.05) is 21.2 Å². The molecular weight excluding hydrogens is 334 g/mol. The van der Waals surface area contributed by atoms with Crippen molar-refractivity contribution >= 4 is 16.0 Å². The first-order chi connectivity index (χ1) is 11.3. The van der Waals surface area contributed by atoms with Crippen molar-refractivity contribution in [1.29, 1.82) is 0 Å². The van der Waals surface area contributed by atoms with Gasteiger partial charge in [0.1, 0.15) is 12.4 Å². The number of carbonyl (C=O) groups is 1. The van der Waals surface area contributed by atoms with Crippen molar-refractivity contribution in [1.82, 2.24) is 4.31 Å². The third-order valence-electron chi connectivity index (χ3n) is 3.19. The number of methoxy groups -OCH3 is 1. The maximum Gasteiger partial charge on any atom is 0.338 e. The average molecular weight is 353 g/mol. The molecular formula is C16H19NO6S. The third kappa shape index (κ3) is 4.22. The standard InChI is InChI=1S/C16H19NO6S/c1-17(2)24(19,20)15-8-7-14(23-15)11-22-16(18)13-6-4-5-12(9-13)10-21-3/h4-9H,10-11H2,1-3H3. The molecule has 0 amide bonds. The number of nitrogens with zero attached hydrogens (tertiary/aromatic N) is 1. The predicted octanol–water partition coefficient (Wildman–Crippen LogP) is 2.03. The van der Waals surface area contributed by atoms with Gasteiger partial charge < -0.3 is 13.9 Å². The van der Waals surface area contributed by atoms with E-state index in [4.69, 9.17) is 13.9 Å². The number of carbonyl (C=O) groups excluding carboxylic acids is 1. The molecule has 8 heteroatoms. The summed E-state index contributed by atoms with van der Waals surface area (Å²) in [7, 11) is 0.739. The summed E-state index contributed by atoms with van der Waals surface area (Å²) in [5.74, 6) is -0.279. The van der Waals surface area contributed by atoms with Crippen LogP contribution in [0.4, 0.5) is 0 Å². The van der Waals surface area contributed by atoms with Crippen molar-refractivity contribution < 1.29 is 27.1 Å². The lowest BCUT2D eigenvalue weighted by Gasteiger charge is -2.08. The fourth-order valence-electron chi connectivity index (χ4n) is 1.93. The lowest BCUT2D eigenvalue weighted by atomic mass is 10.1. The van der Waals surface area contributed by atoms with Crippen LogP contribution in [0, 0.1) is 0 Å². The lowest BCUT2D eigenvalue weighted by Crippen LogP contribution is -2.21. The van der Waals surface area contributed by atoms with Gasteiger partial charge in [0.2, 0.25) is 5.09 Å². The van der Waals surface area contributed by atoms with E-state index in [1.807, 2.05) is 6.07 Å². The highest BCUT2D eigenvalue weighted by molar-refractivity contribution is 7.88. The molecule has 0 aliphatic heterocycles. The van der Waals surface area contributed by atoms with Crippen molar-refractivity contribution in [3.63, 3.8) is 0 Å². The van der Waals surface area contributed by atoms with E-state index in [-0.39, 0.29) is 17.5 Å². The summed E-state index contributed by atoms with van der Waals surface area (Å²) in [4.78, 5) is 12.1. The highest BCUT2D eigenvalue weighted by atomic mass is 32.2. The van der Waals surface area contributed by atoms with Gasteiger partial charge in [-0.3, -0.25) is 0 Å². The molecule has 1 heterocycles.